The highest BCUT2D eigenvalue weighted by Gasteiger charge is 2.00. The highest BCUT2D eigenvalue weighted by molar-refractivity contribution is 7.11. The molecule has 3 nitrogen and oxygen atoms in total. The van der Waals surface area contributed by atoms with Crippen molar-refractivity contribution in [2.45, 2.75) is 20.0 Å². The average molecular weight is 249 g/mol. The second kappa shape index (κ2) is 5.80. The minimum absolute atomic E-state index is 0.181. The summed E-state index contributed by atoms with van der Waals surface area (Å²) in [7, 11) is 0. The van der Waals surface area contributed by atoms with Crippen molar-refractivity contribution in [2.24, 2.45) is 0 Å². The minimum Gasteiger partial charge on any atom is -0.488 e. The van der Waals surface area contributed by atoms with Crippen LogP contribution in [-0.2, 0) is 13.0 Å². The first-order valence-corrected chi connectivity index (χ1v) is 6.33. The first kappa shape index (κ1) is 12.1. The van der Waals surface area contributed by atoms with E-state index < -0.39 is 0 Å². The number of ether oxygens (including phenoxy) is 1. The summed E-state index contributed by atoms with van der Waals surface area (Å²) < 4.78 is 5.65. The van der Waals surface area contributed by atoms with Crippen molar-refractivity contribution in [3.8, 4) is 5.75 Å². The molecule has 1 N–H and O–H groups in total. The van der Waals surface area contributed by atoms with Crippen molar-refractivity contribution in [3.63, 3.8) is 0 Å². The second-order valence-electron chi connectivity index (χ2n) is 3.75. The van der Waals surface area contributed by atoms with Crippen molar-refractivity contribution >= 4 is 11.3 Å². The molecule has 1 aromatic carbocycles. The number of hydrogen-bond donors (Lipinski definition) is 1. The second-order valence-corrected chi connectivity index (χ2v) is 5.07. The van der Waals surface area contributed by atoms with Crippen LogP contribution in [0.1, 0.15) is 15.4 Å². The van der Waals surface area contributed by atoms with Gasteiger partial charge in [0.05, 0.1) is 9.88 Å². The lowest BCUT2D eigenvalue weighted by molar-refractivity contribution is 0.298. The van der Waals surface area contributed by atoms with E-state index in [9.17, 15) is 0 Å². The molecular weight excluding hydrogens is 234 g/mol. The topological polar surface area (TPSA) is 42.4 Å². The third kappa shape index (κ3) is 3.54. The van der Waals surface area contributed by atoms with Gasteiger partial charge in [-0.2, -0.15) is 0 Å². The van der Waals surface area contributed by atoms with Crippen molar-refractivity contribution in [1.29, 1.82) is 0 Å². The van der Waals surface area contributed by atoms with Gasteiger partial charge in [0.15, 0.2) is 0 Å². The fourth-order valence-corrected chi connectivity index (χ4v) is 2.22. The highest BCUT2D eigenvalue weighted by atomic mass is 32.1. The summed E-state index contributed by atoms with van der Waals surface area (Å²) in [6.45, 7) is 2.73. The van der Waals surface area contributed by atoms with E-state index in [2.05, 4.69) is 4.98 Å². The Morgan fingerprint density at radius 2 is 2.06 bits per heavy atom. The fraction of sp³-hybridized carbons (Fsp3) is 0.308. The number of thiazole rings is 1. The SMILES string of the molecule is Cc1ncc(COc2ccc(CCO)cc2)s1. The Morgan fingerprint density at radius 3 is 2.65 bits per heavy atom. The molecule has 0 aliphatic carbocycles. The molecule has 90 valence electrons. The standard InChI is InChI=1S/C13H15NO2S/c1-10-14-8-13(17-10)9-16-12-4-2-11(3-5-12)6-7-15/h2-5,8,15H,6-7,9H2,1H3. The lowest BCUT2D eigenvalue weighted by Gasteiger charge is -2.05. The van der Waals surface area contributed by atoms with Crippen molar-refractivity contribution < 1.29 is 9.84 Å². The molecule has 4 heteroatoms. The lowest BCUT2D eigenvalue weighted by atomic mass is 10.1. The molecule has 0 radical (unpaired) electrons. The third-order valence-corrected chi connectivity index (χ3v) is 3.26. The first-order valence-electron chi connectivity index (χ1n) is 5.52. The smallest absolute Gasteiger partial charge is 0.124 e. The van der Waals surface area contributed by atoms with E-state index in [1.165, 1.54) is 0 Å². The van der Waals surface area contributed by atoms with Gasteiger partial charge >= 0.3 is 0 Å². The Hall–Kier alpha value is -1.39. The molecule has 0 amide bonds. The zero-order valence-corrected chi connectivity index (χ0v) is 10.5. The molecule has 0 saturated heterocycles. The molecule has 0 saturated carbocycles. The molecule has 0 spiro atoms. The van der Waals surface area contributed by atoms with Crippen molar-refractivity contribution in [1.82, 2.24) is 4.98 Å². The number of aliphatic hydroxyl groups is 1. The molecule has 2 rings (SSSR count). The summed E-state index contributed by atoms with van der Waals surface area (Å²) in [6.07, 6.45) is 2.54. The number of hydrogen-bond acceptors (Lipinski definition) is 4. The van der Waals surface area contributed by atoms with Crippen molar-refractivity contribution in [3.05, 3.63) is 45.9 Å². The highest BCUT2D eigenvalue weighted by Crippen LogP contribution is 2.17. The average Bonchev–Trinajstić information content (AvgIpc) is 2.75. The summed E-state index contributed by atoms with van der Waals surface area (Å²) in [5.74, 6) is 0.845. The van der Waals surface area contributed by atoms with E-state index in [1.54, 1.807) is 11.3 Å². The summed E-state index contributed by atoms with van der Waals surface area (Å²) in [6, 6.07) is 7.81. The van der Waals surface area contributed by atoms with Gasteiger partial charge < -0.3 is 9.84 Å². The van der Waals surface area contributed by atoms with E-state index >= 15 is 0 Å². The van der Waals surface area contributed by atoms with Gasteiger partial charge in [-0.05, 0) is 31.0 Å². The van der Waals surface area contributed by atoms with Crippen LogP contribution < -0.4 is 4.74 Å². The monoisotopic (exact) mass is 249 g/mol. The van der Waals surface area contributed by atoms with E-state index in [0.29, 0.717) is 13.0 Å². The van der Waals surface area contributed by atoms with Gasteiger partial charge in [-0.3, -0.25) is 0 Å². The molecule has 0 aliphatic heterocycles. The number of aryl methyl sites for hydroxylation is 1. The summed E-state index contributed by atoms with van der Waals surface area (Å²) in [5, 5.41) is 9.86. The molecular formula is C13H15NO2S. The summed E-state index contributed by atoms with van der Waals surface area (Å²) in [5.41, 5.74) is 1.12. The molecule has 1 heterocycles. The maximum atomic E-state index is 8.81. The molecule has 0 atom stereocenters. The number of benzene rings is 1. The Labute approximate surface area is 105 Å². The van der Waals surface area contributed by atoms with Crippen molar-refractivity contribution in [2.75, 3.05) is 6.61 Å². The lowest BCUT2D eigenvalue weighted by Crippen LogP contribution is -1.94. The molecule has 1 aromatic heterocycles. The predicted octanol–water partition coefficient (Wildman–Crippen LogP) is 2.57. The Kier molecular flexibility index (Phi) is 4.12. The van der Waals surface area contributed by atoms with Crippen LogP contribution in [0.15, 0.2) is 30.5 Å². The fourth-order valence-electron chi connectivity index (χ4n) is 1.51. The van der Waals surface area contributed by atoms with Crippen LogP contribution in [0.3, 0.4) is 0 Å². The van der Waals surface area contributed by atoms with Gasteiger partial charge in [-0.25, -0.2) is 4.98 Å². The largest absolute Gasteiger partial charge is 0.488 e. The molecule has 0 fully saturated rings. The Balaban J connectivity index is 1.90. The van der Waals surface area contributed by atoms with Gasteiger partial charge in [0.2, 0.25) is 0 Å². The minimum atomic E-state index is 0.181. The van der Waals surface area contributed by atoms with E-state index in [1.807, 2.05) is 37.4 Å². The predicted molar refractivity (Wildman–Crippen MR) is 68.4 cm³/mol. The molecule has 17 heavy (non-hydrogen) atoms. The van der Waals surface area contributed by atoms with Crippen LogP contribution in [0.4, 0.5) is 0 Å². The molecule has 0 unspecified atom stereocenters. The summed E-state index contributed by atoms with van der Waals surface area (Å²) >= 11 is 1.65. The summed E-state index contributed by atoms with van der Waals surface area (Å²) in [4.78, 5) is 5.30. The van der Waals surface area contributed by atoms with Gasteiger partial charge in [-0.1, -0.05) is 12.1 Å². The van der Waals surface area contributed by atoms with Gasteiger partial charge in [0.1, 0.15) is 12.4 Å². The zero-order valence-electron chi connectivity index (χ0n) is 9.72. The van der Waals surface area contributed by atoms with Crippen LogP contribution in [0.2, 0.25) is 0 Å². The van der Waals surface area contributed by atoms with Crippen LogP contribution >= 0.6 is 11.3 Å². The molecule has 0 aliphatic rings. The number of rotatable bonds is 5. The third-order valence-electron chi connectivity index (χ3n) is 2.37. The number of aromatic nitrogens is 1. The Morgan fingerprint density at radius 1 is 1.29 bits per heavy atom. The number of nitrogens with zero attached hydrogens (tertiary/aromatic N) is 1. The van der Waals surface area contributed by atoms with Crippen LogP contribution in [0.5, 0.6) is 5.75 Å². The molecule has 0 bridgehead atoms. The maximum Gasteiger partial charge on any atom is 0.124 e. The van der Waals surface area contributed by atoms with Gasteiger partial charge in [0, 0.05) is 12.8 Å². The normalized spacial score (nSPS) is 10.5. The van der Waals surface area contributed by atoms with E-state index in [-0.39, 0.29) is 6.61 Å². The van der Waals surface area contributed by atoms with E-state index in [0.717, 1.165) is 21.2 Å². The molecule has 2 aromatic rings. The van der Waals surface area contributed by atoms with Crippen LogP contribution in [-0.4, -0.2) is 16.7 Å². The van der Waals surface area contributed by atoms with E-state index in [4.69, 9.17) is 9.84 Å². The van der Waals surface area contributed by atoms with Crippen LogP contribution in [0.25, 0.3) is 0 Å². The Bertz CT molecular complexity index is 465. The van der Waals surface area contributed by atoms with Gasteiger partial charge in [0.25, 0.3) is 0 Å². The van der Waals surface area contributed by atoms with Gasteiger partial charge in [-0.15, -0.1) is 11.3 Å². The first-order chi connectivity index (χ1) is 8.28. The zero-order chi connectivity index (χ0) is 12.1. The quantitative estimate of drug-likeness (QED) is 0.885. The maximum absolute atomic E-state index is 8.81. The number of aliphatic hydroxyl groups excluding tert-OH is 1. The van der Waals surface area contributed by atoms with Crippen LogP contribution in [0, 0.1) is 6.92 Å².